The first-order valence-corrected chi connectivity index (χ1v) is 5.54. The van der Waals surface area contributed by atoms with Gasteiger partial charge in [0.25, 0.3) is 0 Å². The van der Waals surface area contributed by atoms with Gasteiger partial charge >= 0.3 is 0 Å². The van der Waals surface area contributed by atoms with Crippen LogP contribution in [0.4, 0.5) is 0 Å². The first-order valence-electron chi connectivity index (χ1n) is 4.74. The van der Waals surface area contributed by atoms with Crippen molar-refractivity contribution in [2.45, 2.75) is 24.8 Å². The summed E-state index contributed by atoms with van der Waals surface area (Å²) in [6, 6.07) is 6.05. The number of nitrogens with two attached hydrogens (primary N) is 1. The molecule has 76 valence electrons. The lowest BCUT2D eigenvalue weighted by Crippen LogP contribution is -2.24. The highest BCUT2D eigenvalue weighted by atomic mass is 79.9. The molecule has 3 heteroatoms. The lowest BCUT2D eigenvalue weighted by atomic mass is 10.0. The van der Waals surface area contributed by atoms with Crippen molar-refractivity contribution >= 4 is 15.9 Å². The fourth-order valence-electron chi connectivity index (χ4n) is 1.60. The van der Waals surface area contributed by atoms with Crippen molar-refractivity contribution in [3.05, 3.63) is 28.2 Å². The molecule has 1 aliphatic rings. The number of halogens is 1. The molecule has 0 aliphatic heterocycles. The Labute approximate surface area is 92.6 Å². The van der Waals surface area contributed by atoms with Crippen LogP contribution >= 0.6 is 15.9 Å². The Morgan fingerprint density at radius 2 is 2.21 bits per heavy atom. The molecule has 2 N–H and O–H groups in total. The van der Waals surface area contributed by atoms with Crippen molar-refractivity contribution in [1.82, 2.24) is 0 Å². The SMILES string of the molecule is COc1ccc(Br)cc1CC1(N)CC1. The zero-order valence-electron chi connectivity index (χ0n) is 8.22. The Hall–Kier alpha value is -0.540. The van der Waals surface area contributed by atoms with Crippen LogP contribution in [-0.2, 0) is 6.42 Å². The summed E-state index contributed by atoms with van der Waals surface area (Å²) >= 11 is 3.46. The molecule has 14 heavy (non-hydrogen) atoms. The molecular formula is C11H14BrNO. The molecule has 0 heterocycles. The third-order valence-corrected chi connectivity index (χ3v) is 3.17. The quantitative estimate of drug-likeness (QED) is 0.901. The molecule has 0 amide bonds. The van der Waals surface area contributed by atoms with Gasteiger partial charge in [-0.3, -0.25) is 0 Å². The molecule has 1 saturated carbocycles. The van der Waals surface area contributed by atoms with Crippen LogP contribution in [0.1, 0.15) is 18.4 Å². The van der Waals surface area contributed by atoms with Crippen LogP contribution in [0.5, 0.6) is 5.75 Å². The largest absolute Gasteiger partial charge is 0.496 e. The summed E-state index contributed by atoms with van der Waals surface area (Å²) in [5.74, 6) is 0.935. The molecule has 0 spiro atoms. The molecule has 0 bridgehead atoms. The first kappa shape index (κ1) is 9.99. The Balaban J connectivity index is 2.25. The third-order valence-electron chi connectivity index (χ3n) is 2.68. The molecule has 1 fully saturated rings. The van der Waals surface area contributed by atoms with Crippen LogP contribution in [-0.4, -0.2) is 12.6 Å². The van der Waals surface area contributed by atoms with Crippen LogP contribution in [0.3, 0.4) is 0 Å². The minimum Gasteiger partial charge on any atom is -0.496 e. The zero-order valence-corrected chi connectivity index (χ0v) is 9.80. The van der Waals surface area contributed by atoms with E-state index in [1.165, 1.54) is 5.56 Å². The standard InChI is InChI=1S/C11H14BrNO/c1-14-10-3-2-9(12)6-8(10)7-11(13)4-5-11/h2-3,6H,4-5,7,13H2,1H3. The Bertz CT molecular complexity index is 347. The van der Waals surface area contributed by atoms with Crippen LogP contribution in [0, 0.1) is 0 Å². The summed E-state index contributed by atoms with van der Waals surface area (Å²) in [4.78, 5) is 0. The molecule has 0 aromatic heterocycles. The Morgan fingerprint density at radius 1 is 1.50 bits per heavy atom. The van der Waals surface area contributed by atoms with Crippen molar-refractivity contribution in [3.63, 3.8) is 0 Å². The van der Waals surface area contributed by atoms with E-state index in [1.807, 2.05) is 12.1 Å². The number of ether oxygens (including phenoxy) is 1. The van der Waals surface area contributed by atoms with Gasteiger partial charge in [-0.25, -0.2) is 0 Å². The maximum atomic E-state index is 6.08. The predicted octanol–water partition coefficient (Wildman–Crippen LogP) is 2.49. The molecule has 1 aromatic carbocycles. The van der Waals surface area contributed by atoms with Crippen molar-refractivity contribution in [3.8, 4) is 5.75 Å². The molecule has 1 aromatic rings. The number of methoxy groups -OCH3 is 1. The van der Waals surface area contributed by atoms with Crippen LogP contribution in [0.15, 0.2) is 22.7 Å². The molecule has 2 nitrogen and oxygen atoms in total. The highest BCUT2D eigenvalue weighted by Crippen LogP contribution is 2.38. The van der Waals surface area contributed by atoms with Crippen LogP contribution < -0.4 is 10.5 Å². The van der Waals surface area contributed by atoms with Gasteiger partial charge in [0, 0.05) is 10.0 Å². The Kier molecular flexibility index (Phi) is 2.54. The summed E-state index contributed by atoms with van der Waals surface area (Å²) in [6.07, 6.45) is 3.17. The molecular weight excluding hydrogens is 242 g/mol. The van der Waals surface area contributed by atoms with Crippen LogP contribution in [0.2, 0.25) is 0 Å². The second-order valence-corrected chi connectivity index (χ2v) is 4.91. The maximum absolute atomic E-state index is 6.08. The zero-order chi connectivity index (χ0) is 10.2. The smallest absolute Gasteiger partial charge is 0.122 e. The fourth-order valence-corrected chi connectivity index (χ4v) is 2.01. The second-order valence-electron chi connectivity index (χ2n) is 4.00. The number of hydrogen-bond acceptors (Lipinski definition) is 2. The summed E-state index contributed by atoms with van der Waals surface area (Å²) in [5.41, 5.74) is 7.31. The van der Waals surface area contributed by atoms with E-state index in [-0.39, 0.29) is 5.54 Å². The average Bonchev–Trinajstić information content (AvgIpc) is 2.84. The van der Waals surface area contributed by atoms with E-state index in [0.29, 0.717) is 0 Å². The molecule has 0 unspecified atom stereocenters. The molecule has 0 radical (unpaired) electrons. The minimum absolute atomic E-state index is 0.0358. The van der Waals surface area contributed by atoms with E-state index >= 15 is 0 Å². The normalized spacial score (nSPS) is 17.9. The minimum atomic E-state index is 0.0358. The first-order chi connectivity index (χ1) is 6.63. The number of benzene rings is 1. The van der Waals surface area contributed by atoms with Gasteiger partial charge in [0.1, 0.15) is 5.75 Å². The van der Waals surface area contributed by atoms with Gasteiger partial charge in [-0.1, -0.05) is 15.9 Å². The lowest BCUT2D eigenvalue weighted by Gasteiger charge is -2.12. The van der Waals surface area contributed by atoms with Crippen LogP contribution in [0.25, 0.3) is 0 Å². The van der Waals surface area contributed by atoms with Gasteiger partial charge in [-0.05, 0) is 43.0 Å². The fraction of sp³-hybridized carbons (Fsp3) is 0.455. The molecule has 1 aliphatic carbocycles. The highest BCUT2D eigenvalue weighted by Gasteiger charge is 2.38. The summed E-state index contributed by atoms with van der Waals surface area (Å²) in [7, 11) is 1.70. The van der Waals surface area contributed by atoms with E-state index in [1.54, 1.807) is 7.11 Å². The molecule has 0 saturated heterocycles. The monoisotopic (exact) mass is 255 g/mol. The third kappa shape index (κ3) is 2.10. The summed E-state index contributed by atoms with van der Waals surface area (Å²) in [6.45, 7) is 0. The van der Waals surface area contributed by atoms with Gasteiger partial charge in [0.05, 0.1) is 7.11 Å². The van der Waals surface area contributed by atoms with Crippen molar-refractivity contribution in [1.29, 1.82) is 0 Å². The van der Waals surface area contributed by atoms with E-state index in [0.717, 1.165) is 29.5 Å². The summed E-state index contributed by atoms with van der Waals surface area (Å²) in [5, 5.41) is 0. The van der Waals surface area contributed by atoms with Crippen molar-refractivity contribution < 1.29 is 4.74 Å². The average molecular weight is 256 g/mol. The van der Waals surface area contributed by atoms with Crippen molar-refractivity contribution in [2.75, 3.05) is 7.11 Å². The van der Waals surface area contributed by atoms with E-state index < -0.39 is 0 Å². The van der Waals surface area contributed by atoms with Crippen molar-refractivity contribution in [2.24, 2.45) is 5.73 Å². The predicted molar refractivity (Wildman–Crippen MR) is 60.6 cm³/mol. The molecule has 2 rings (SSSR count). The van der Waals surface area contributed by atoms with Gasteiger partial charge in [-0.2, -0.15) is 0 Å². The molecule has 0 atom stereocenters. The second kappa shape index (κ2) is 3.55. The highest BCUT2D eigenvalue weighted by molar-refractivity contribution is 9.10. The van der Waals surface area contributed by atoms with E-state index in [4.69, 9.17) is 10.5 Å². The van der Waals surface area contributed by atoms with Gasteiger partial charge in [-0.15, -0.1) is 0 Å². The van der Waals surface area contributed by atoms with Gasteiger partial charge in [0.15, 0.2) is 0 Å². The maximum Gasteiger partial charge on any atom is 0.122 e. The van der Waals surface area contributed by atoms with Gasteiger partial charge < -0.3 is 10.5 Å². The topological polar surface area (TPSA) is 35.2 Å². The lowest BCUT2D eigenvalue weighted by molar-refractivity contribution is 0.407. The Morgan fingerprint density at radius 3 is 2.79 bits per heavy atom. The number of hydrogen-bond donors (Lipinski definition) is 1. The van der Waals surface area contributed by atoms with E-state index in [9.17, 15) is 0 Å². The van der Waals surface area contributed by atoms with E-state index in [2.05, 4.69) is 22.0 Å². The van der Waals surface area contributed by atoms with Gasteiger partial charge in [0.2, 0.25) is 0 Å². The summed E-state index contributed by atoms with van der Waals surface area (Å²) < 4.78 is 6.38. The number of rotatable bonds is 3.